The summed E-state index contributed by atoms with van der Waals surface area (Å²) in [5.41, 5.74) is 4.68. The van der Waals surface area contributed by atoms with E-state index in [2.05, 4.69) is 15.3 Å². The maximum atomic E-state index is 11.0. The second-order valence-electron chi connectivity index (χ2n) is 2.40. The average molecular weight is 240 g/mol. The van der Waals surface area contributed by atoms with Crippen molar-refractivity contribution >= 4 is 21.9 Å². The van der Waals surface area contributed by atoms with E-state index in [-0.39, 0.29) is 6.61 Å². The molecular weight excluding hydrogens is 228 g/mol. The highest BCUT2D eigenvalue weighted by Gasteiger charge is 2.17. The number of carbonyl (C=O) groups excluding carboxylic acids is 2. The first-order valence-corrected chi connectivity index (χ1v) is 5.58. The van der Waals surface area contributed by atoms with E-state index < -0.39 is 34.3 Å². The van der Waals surface area contributed by atoms with E-state index in [0.717, 1.165) is 0 Å². The molecule has 15 heavy (non-hydrogen) atoms. The molecule has 0 aromatic carbocycles. The zero-order valence-electron chi connectivity index (χ0n) is 8.06. The fourth-order valence-electron chi connectivity index (χ4n) is 0.578. The molecule has 0 saturated heterocycles. The van der Waals surface area contributed by atoms with Crippen LogP contribution in [0.25, 0.3) is 0 Å². The lowest BCUT2D eigenvalue weighted by atomic mass is 10.7. The van der Waals surface area contributed by atoms with Gasteiger partial charge in [0.1, 0.15) is 6.61 Å². The van der Waals surface area contributed by atoms with Gasteiger partial charge >= 0.3 is 5.97 Å². The minimum Gasteiger partial charge on any atom is -0.465 e. The van der Waals surface area contributed by atoms with E-state index in [4.69, 9.17) is 0 Å². The van der Waals surface area contributed by atoms with Gasteiger partial charge in [0.15, 0.2) is 5.75 Å². The molecule has 9 heteroatoms. The Balaban J connectivity index is 3.97. The number of nitrogens with two attached hydrogens (primary N) is 1. The molecule has 0 unspecified atom stereocenters. The predicted molar refractivity (Wildman–Crippen MR) is 48.7 cm³/mol. The summed E-state index contributed by atoms with van der Waals surface area (Å²) in [6.45, 7) is 1.01. The van der Waals surface area contributed by atoms with Crippen LogP contribution in [0.4, 0.5) is 0 Å². The Morgan fingerprint density at radius 1 is 1.40 bits per heavy atom. The Bertz CT molecular complexity index is 325. The molecule has 0 spiro atoms. The van der Waals surface area contributed by atoms with Gasteiger partial charge in [0.2, 0.25) is 15.9 Å². The normalized spacial score (nSPS) is 11.0. The van der Waals surface area contributed by atoms with Crippen LogP contribution in [0.5, 0.6) is 0 Å². The van der Waals surface area contributed by atoms with Gasteiger partial charge in [-0.2, -0.15) is 0 Å². The number of hydrogen-bond donors (Lipinski definition) is 2. The first-order chi connectivity index (χ1) is 6.87. The zero-order valence-corrected chi connectivity index (χ0v) is 8.87. The molecular formula is C6H12N2O6S. The Kier molecular flexibility index (Phi) is 5.82. The summed E-state index contributed by atoms with van der Waals surface area (Å²) in [4.78, 5) is 26.7. The molecule has 1 amide bonds. The molecule has 0 saturated carbocycles. The van der Waals surface area contributed by atoms with Gasteiger partial charge < -0.3 is 10.5 Å². The second kappa shape index (κ2) is 6.32. The topological polar surface area (TPSA) is 125 Å². The number of rotatable bonds is 7. The third-order valence-electron chi connectivity index (χ3n) is 1.01. The van der Waals surface area contributed by atoms with Crippen LogP contribution in [0, 0.1) is 0 Å². The van der Waals surface area contributed by atoms with Gasteiger partial charge in [-0.3, -0.25) is 14.4 Å². The highest BCUT2D eigenvalue weighted by molar-refractivity contribution is 7.90. The van der Waals surface area contributed by atoms with E-state index in [0.29, 0.717) is 0 Å². The van der Waals surface area contributed by atoms with E-state index in [9.17, 15) is 18.0 Å². The smallest absolute Gasteiger partial charge is 0.322 e. The van der Waals surface area contributed by atoms with Crippen LogP contribution in [0.2, 0.25) is 0 Å². The molecule has 0 atom stereocenters. The first-order valence-electron chi connectivity index (χ1n) is 3.92. The maximum absolute atomic E-state index is 11.0. The fourth-order valence-corrected chi connectivity index (χ4v) is 1.27. The van der Waals surface area contributed by atoms with Gasteiger partial charge in [0.25, 0.3) is 0 Å². The Morgan fingerprint density at radius 2 is 2.00 bits per heavy atom. The molecule has 3 N–H and O–H groups in total. The van der Waals surface area contributed by atoms with Crippen molar-refractivity contribution < 1.29 is 27.6 Å². The molecule has 0 aromatic heterocycles. The molecule has 0 bridgehead atoms. The van der Waals surface area contributed by atoms with Crippen LogP contribution in [0.3, 0.4) is 0 Å². The van der Waals surface area contributed by atoms with Gasteiger partial charge in [-0.1, -0.05) is 4.89 Å². The monoisotopic (exact) mass is 240 g/mol. The lowest BCUT2D eigenvalue weighted by molar-refractivity contribution is -0.140. The summed E-state index contributed by atoms with van der Waals surface area (Å²) in [5, 5.41) is 0. The largest absolute Gasteiger partial charge is 0.465 e. The van der Waals surface area contributed by atoms with E-state index >= 15 is 0 Å². The average Bonchev–Trinajstić information content (AvgIpc) is 2.01. The number of ether oxygens (including phenoxy) is 1. The molecule has 0 heterocycles. The van der Waals surface area contributed by atoms with Gasteiger partial charge in [-0.15, -0.1) is 0 Å². The number of sulfonamides is 1. The molecule has 0 aliphatic carbocycles. The van der Waals surface area contributed by atoms with E-state index in [1.54, 1.807) is 11.8 Å². The van der Waals surface area contributed by atoms with Crippen LogP contribution in [0.15, 0.2) is 0 Å². The van der Waals surface area contributed by atoms with Gasteiger partial charge in [0, 0.05) is 0 Å². The van der Waals surface area contributed by atoms with Crippen LogP contribution in [0.1, 0.15) is 6.92 Å². The molecule has 0 fully saturated rings. The number of hydrogen-bond acceptors (Lipinski definition) is 6. The minimum atomic E-state index is -3.95. The maximum Gasteiger partial charge on any atom is 0.322 e. The molecule has 0 aromatic rings. The van der Waals surface area contributed by atoms with Crippen molar-refractivity contribution in [2.45, 2.75) is 6.92 Å². The highest BCUT2D eigenvalue weighted by atomic mass is 32.2. The van der Waals surface area contributed by atoms with Crippen molar-refractivity contribution in [3.63, 3.8) is 0 Å². The molecule has 0 aliphatic heterocycles. The van der Waals surface area contributed by atoms with Crippen molar-refractivity contribution in [1.82, 2.24) is 4.89 Å². The quantitative estimate of drug-likeness (QED) is 0.387. The Hall–Kier alpha value is -1.19. The molecule has 0 aliphatic rings. The highest BCUT2D eigenvalue weighted by Crippen LogP contribution is 1.88. The van der Waals surface area contributed by atoms with Crippen molar-refractivity contribution in [1.29, 1.82) is 0 Å². The van der Waals surface area contributed by atoms with Gasteiger partial charge in [-0.25, -0.2) is 8.42 Å². The summed E-state index contributed by atoms with van der Waals surface area (Å²) in [6.07, 6.45) is 0. The van der Waals surface area contributed by atoms with Gasteiger partial charge in [-0.05, 0) is 6.92 Å². The SMILES string of the molecule is CCOC(=O)CS(=O)(=O)NOCC(N)=O. The predicted octanol–water partition coefficient (Wildman–Crippen LogP) is -2.11. The summed E-state index contributed by atoms with van der Waals surface area (Å²) < 4.78 is 26.4. The molecule has 0 radical (unpaired) electrons. The number of nitrogens with one attached hydrogen (secondary N) is 1. The van der Waals surface area contributed by atoms with E-state index in [1.807, 2.05) is 0 Å². The molecule has 0 rings (SSSR count). The van der Waals surface area contributed by atoms with Crippen molar-refractivity contribution in [3.05, 3.63) is 0 Å². The van der Waals surface area contributed by atoms with Crippen LogP contribution >= 0.6 is 0 Å². The van der Waals surface area contributed by atoms with Crippen LogP contribution in [-0.2, 0) is 29.2 Å². The lowest BCUT2D eigenvalue weighted by Crippen LogP contribution is -2.33. The first kappa shape index (κ1) is 13.8. The Labute approximate surface area is 86.7 Å². The summed E-state index contributed by atoms with van der Waals surface area (Å²) in [6, 6.07) is 0. The second-order valence-corrected chi connectivity index (χ2v) is 4.09. The lowest BCUT2D eigenvalue weighted by Gasteiger charge is -2.05. The molecule has 8 nitrogen and oxygen atoms in total. The van der Waals surface area contributed by atoms with E-state index in [1.165, 1.54) is 0 Å². The van der Waals surface area contributed by atoms with Gasteiger partial charge in [0.05, 0.1) is 6.61 Å². The third-order valence-corrected chi connectivity index (χ3v) is 2.00. The number of esters is 1. The van der Waals surface area contributed by atoms with Crippen LogP contribution in [-0.4, -0.2) is 39.3 Å². The number of amides is 1. The number of carbonyl (C=O) groups is 2. The van der Waals surface area contributed by atoms with Crippen LogP contribution < -0.4 is 10.6 Å². The van der Waals surface area contributed by atoms with Crippen molar-refractivity contribution in [2.75, 3.05) is 19.0 Å². The van der Waals surface area contributed by atoms with Crippen molar-refractivity contribution in [3.8, 4) is 0 Å². The Morgan fingerprint density at radius 3 is 2.47 bits per heavy atom. The number of primary amides is 1. The standard InChI is InChI=1S/C6H12N2O6S/c1-2-13-6(10)4-15(11,12)8-14-3-5(7)9/h8H,2-4H2,1H3,(H2,7,9). The minimum absolute atomic E-state index is 0.0799. The summed E-state index contributed by atoms with van der Waals surface area (Å²) in [5.74, 6) is -2.62. The fraction of sp³-hybridized carbons (Fsp3) is 0.667. The third kappa shape index (κ3) is 7.85. The summed E-state index contributed by atoms with van der Waals surface area (Å²) in [7, 11) is -3.95. The van der Waals surface area contributed by atoms with Crippen molar-refractivity contribution in [2.24, 2.45) is 5.73 Å². The molecule has 88 valence electrons. The zero-order chi connectivity index (χ0) is 11.9. The summed E-state index contributed by atoms with van der Waals surface area (Å²) >= 11 is 0.